The number of hydrogen-bond donors (Lipinski definition) is 14. The summed E-state index contributed by atoms with van der Waals surface area (Å²) in [7, 11) is -5.16. The van der Waals surface area contributed by atoms with Crippen molar-refractivity contribution >= 4 is 34.0 Å². The van der Waals surface area contributed by atoms with E-state index in [0.29, 0.717) is 6.42 Å². The lowest BCUT2D eigenvalue weighted by atomic mass is 9.93. The van der Waals surface area contributed by atoms with Crippen molar-refractivity contribution in [1.29, 1.82) is 0 Å². The van der Waals surface area contributed by atoms with Crippen molar-refractivity contribution in [3.05, 3.63) is 42.0 Å². The van der Waals surface area contributed by atoms with E-state index >= 15 is 0 Å². The van der Waals surface area contributed by atoms with Crippen LogP contribution in [0.4, 0.5) is 0 Å². The molecule has 4 aliphatic rings. The third kappa shape index (κ3) is 17.7. The number of aliphatic hydroxyl groups is 9. The van der Waals surface area contributed by atoms with Gasteiger partial charge in [-0.3, -0.25) is 23.7 Å². The highest BCUT2D eigenvalue weighted by Gasteiger charge is 2.56. The lowest BCUT2D eigenvalue weighted by molar-refractivity contribution is -0.361. The Hall–Kier alpha value is -4.13. The largest absolute Gasteiger partial charge is 0.493 e. The molecule has 4 amide bonds. The Morgan fingerprint density at radius 3 is 1.54 bits per heavy atom. The molecule has 30 heteroatoms. The smallest absolute Gasteiger partial charge is 0.397 e. The number of amides is 4. The molecule has 8 unspecified atom stereocenters. The summed E-state index contributed by atoms with van der Waals surface area (Å²) in [5, 5.41) is 109. The van der Waals surface area contributed by atoms with Gasteiger partial charge in [0.25, 0.3) is 5.91 Å². The molecule has 0 radical (unpaired) electrons. The van der Waals surface area contributed by atoms with Crippen LogP contribution in [0.2, 0.25) is 0 Å². The van der Waals surface area contributed by atoms with Crippen LogP contribution in [0.5, 0.6) is 5.75 Å². The van der Waals surface area contributed by atoms with E-state index in [1.54, 1.807) is 18.2 Å². The van der Waals surface area contributed by atoms with E-state index in [4.69, 9.17) is 37.9 Å². The molecule has 29 nitrogen and oxygen atoms in total. The highest BCUT2D eigenvalue weighted by Crippen LogP contribution is 2.35. The molecule has 5 rings (SSSR count). The summed E-state index contributed by atoms with van der Waals surface area (Å²) in [4.78, 5) is 51.3. The Balaban J connectivity index is 1.36. The summed E-state index contributed by atoms with van der Waals surface area (Å²) < 4.78 is 84.1. The van der Waals surface area contributed by atoms with Crippen LogP contribution in [0.3, 0.4) is 0 Å². The van der Waals surface area contributed by atoms with Crippen molar-refractivity contribution in [2.45, 2.75) is 195 Å². The second-order valence-electron chi connectivity index (χ2n) is 19.2. The lowest BCUT2D eigenvalue weighted by Crippen LogP contribution is -2.71. The zero-order valence-corrected chi connectivity index (χ0v) is 44.3. The first-order valence-corrected chi connectivity index (χ1v) is 27.0. The maximum absolute atomic E-state index is 14.0. The minimum atomic E-state index is -5.16. The fourth-order valence-corrected chi connectivity index (χ4v) is 9.70. The summed E-state index contributed by atoms with van der Waals surface area (Å²) >= 11 is 0. The number of allylic oxidation sites excluding steroid dienone is 2. The number of ether oxygens (including phenoxy) is 8. The molecule has 1 aromatic rings. The number of carbonyl (C=O) groups excluding carboxylic acids is 4. The van der Waals surface area contributed by atoms with Crippen LogP contribution in [0.1, 0.15) is 83.0 Å². The first-order chi connectivity index (χ1) is 37.0. The molecule has 1 aromatic carbocycles. The van der Waals surface area contributed by atoms with Gasteiger partial charge in [-0.05, 0) is 37.8 Å². The van der Waals surface area contributed by atoms with E-state index in [2.05, 4.69) is 44.5 Å². The number of hydrogen-bond acceptors (Lipinski definition) is 24. The van der Waals surface area contributed by atoms with Crippen LogP contribution in [-0.4, -0.2) is 238 Å². The first-order valence-electron chi connectivity index (χ1n) is 25.6. The van der Waals surface area contributed by atoms with Gasteiger partial charge in [-0.25, -0.2) is 4.18 Å². The van der Waals surface area contributed by atoms with E-state index in [9.17, 15) is 78.1 Å². The van der Waals surface area contributed by atoms with Crippen molar-refractivity contribution in [3.63, 3.8) is 0 Å². The predicted molar refractivity (Wildman–Crippen MR) is 263 cm³/mol. The van der Waals surface area contributed by atoms with Crippen LogP contribution in [0.25, 0.3) is 0 Å². The van der Waals surface area contributed by atoms with E-state index in [-0.39, 0.29) is 17.9 Å². The van der Waals surface area contributed by atoms with Gasteiger partial charge in [0.15, 0.2) is 25.2 Å². The number of rotatable bonds is 27. The third-order valence-corrected chi connectivity index (χ3v) is 13.7. The van der Waals surface area contributed by atoms with Crippen molar-refractivity contribution in [2.75, 3.05) is 33.0 Å². The Labute approximate surface area is 450 Å². The van der Waals surface area contributed by atoms with E-state index in [1.165, 1.54) is 18.9 Å². The predicted octanol–water partition coefficient (Wildman–Crippen LogP) is -4.37. The third-order valence-electron chi connectivity index (χ3n) is 13.2. The number of para-hydroxylation sites is 1. The molecule has 0 spiro atoms. The summed E-state index contributed by atoms with van der Waals surface area (Å²) in [5.41, 5.74) is 0.0212. The summed E-state index contributed by atoms with van der Waals surface area (Å²) in [6.07, 6.45) is -18.4. The van der Waals surface area contributed by atoms with E-state index in [0.717, 1.165) is 46.5 Å². The van der Waals surface area contributed by atoms with Crippen LogP contribution in [0, 0.1) is 0 Å². The van der Waals surface area contributed by atoms with Gasteiger partial charge in [-0.2, -0.15) is 8.42 Å². The maximum Gasteiger partial charge on any atom is 0.397 e. The Bertz CT molecular complexity index is 2220. The molecule has 4 saturated heterocycles. The molecular weight excluding hydrogens is 1060 g/mol. The quantitative estimate of drug-likeness (QED) is 0.0225. The van der Waals surface area contributed by atoms with E-state index in [1.807, 2.05) is 0 Å². The summed E-state index contributed by atoms with van der Waals surface area (Å²) in [6.45, 7) is 1.48. The minimum absolute atomic E-state index is 0.0212. The fourth-order valence-electron chi connectivity index (χ4n) is 9.39. The molecule has 4 aliphatic heterocycles. The van der Waals surface area contributed by atoms with Gasteiger partial charge in [-0.15, -0.1) is 0 Å². The zero-order chi connectivity index (χ0) is 57.4. The molecular formula is C48H76N4O25S. The van der Waals surface area contributed by atoms with Crippen molar-refractivity contribution < 1.29 is 120 Å². The van der Waals surface area contributed by atoms with Gasteiger partial charge >= 0.3 is 10.4 Å². The van der Waals surface area contributed by atoms with Crippen LogP contribution in [-0.2, 0) is 62.1 Å². The topological polar surface area (TPSA) is 436 Å². The SMILES string of the molecule is CCCCCCC=CCCCOc1ccccc1C(=O)NC1[C@H](O[C@H]2C(O)C(NC(C)=O)[C@H](O[C@@H]3C(CO)O[C@@H](O[C@H]4C(O)C(NC(C)=O)[C@H](O)O[C@H]4COS(=O)(=O)O)C(NC(C)=O)[C@H]3O)O[C@H]2CO)OC(CO)[C@@H](O)[C@@H]1O. The standard InChI is InChI=1S/C48H76N4O25S/c1-5-6-7-8-9-10-11-12-15-18-69-27-17-14-13-16-26(27)44(64)52-33-37(60)36(59)28(19-53)72-46(33)75-41-29(20-54)73-47(34(39(41)62)50-24(3)57)76-42-30(21-55)74-48(35(40(42)63)51-25(4)58)77-43-31(22-70-78(66,67)68)71-45(65)32(38(43)61)49-23(2)56/h10-11,13-14,16-17,28-43,45-48,53-55,59-63,65H,5-9,12,15,18-22H2,1-4H3,(H,49,56)(H,50,57)(H,51,58)(H,52,64)(H,66,67,68)/t28?,29-,30?,31-,32?,33?,34?,35?,36+,37+,38?,39?,40+,41+,42+,43+,45+,46-,47-,48-/m0/s1. The summed E-state index contributed by atoms with van der Waals surface area (Å²) in [5.74, 6) is -3.05. The molecule has 444 valence electrons. The lowest BCUT2D eigenvalue weighted by Gasteiger charge is -2.51. The van der Waals surface area contributed by atoms with E-state index < -0.39 is 183 Å². The number of nitrogens with one attached hydrogen (secondary N) is 4. The maximum atomic E-state index is 14.0. The Morgan fingerprint density at radius 2 is 1.04 bits per heavy atom. The molecule has 4 fully saturated rings. The molecule has 4 heterocycles. The Morgan fingerprint density at radius 1 is 0.577 bits per heavy atom. The van der Waals surface area contributed by atoms with Crippen LogP contribution < -0.4 is 26.0 Å². The number of carbonyl (C=O) groups is 4. The number of unbranched alkanes of at least 4 members (excludes halogenated alkanes) is 5. The second-order valence-corrected chi connectivity index (χ2v) is 20.3. The average Bonchev–Trinajstić information content (AvgIpc) is 3.41. The van der Waals surface area contributed by atoms with Gasteiger partial charge < -0.3 is 105 Å². The molecule has 14 N–H and O–H groups in total. The zero-order valence-electron chi connectivity index (χ0n) is 43.5. The molecule has 20 atom stereocenters. The molecule has 0 aliphatic carbocycles. The highest BCUT2D eigenvalue weighted by atomic mass is 32.3. The van der Waals surface area contributed by atoms with Crippen molar-refractivity contribution in [2.24, 2.45) is 0 Å². The molecule has 0 aromatic heterocycles. The first kappa shape index (κ1) is 64.7. The average molecular weight is 1140 g/mol. The monoisotopic (exact) mass is 1140 g/mol. The normalized spacial score (nSPS) is 35.4. The van der Waals surface area contributed by atoms with Gasteiger partial charge in [0.2, 0.25) is 17.7 Å². The fraction of sp³-hybridized carbons (Fsp3) is 0.750. The highest BCUT2D eigenvalue weighted by molar-refractivity contribution is 7.80. The van der Waals surface area contributed by atoms with Gasteiger partial charge in [0, 0.05) is 20.8 Å². The van der Waals surface area contributed by atoms with Gasteiger partial charge in [0.05, 0.1) is 38.6 Å². The minimum Gasteiger partial charge on any atom is -0.493 e. The molecule has 78 heavy (non-hydrogen) atoms. The van der Waals surface area contributed by atoms with Crippen molar-refractivity contribution in [1.82, 2.24) is 21.3 Å². The Kier molecular flexibility index (Phi) is 25.4. The van der Waals surface area contributed by atoms with Crippen LogP contribution in [0.15, 0.2) is 36.4 Å². The number of benzene rings is 1. The summed E-state index contributed by atoms with van der Waals surface area (Å²) in [6, 6.07) is -0.578. The number of aliphatic hydroxyl groups excluding tert-OH is 9. The molecule has 0 bridgehead atoms. The van der Waals surface area contributed by atoms with Crippen LogP contribution >= 0.6 is 0 Å². The van der Waals surface area contributed by atoms with Crippen molar-refractivity contribution in [3.8, 4) is 5.75 Å². The van der Waals surface area contributed by atoms with Gasteiger partial charge in [-0.1, -0.05) is 50.5 Å². The second kappa shape index (κ2) is 30.6. The molecule has 0 saturated carbocycles. The van der Waals surface area contributed by atoms with Gasteiger partial charge in [0.1, 0.15) is 103 Å².